The SMILES string of the molecule is C[C@@H](O)[C@@H]1NC(=O)c2coc(n2)[C@H](Cc2ccccc2)NC(=O)[C@@H](NC(=O)Cc2csc(-c3ccccc3)n2)CCCCNC1=O. The van der Waals surface area contributed by atoms with E-state index in [0.717, 1.165) is 22.4 Å². The molecule has 4 amide bonds. The molecular weight excluding hydrogens is 608 g/mol. The van der Waals surface area contributed by atoms with Crippen molar-refractivity contribution < 1.29 is 28.7 Å². The van der Waals surface area contributed by atoms with Gasteiger partial charge in [0.05, 0.1) is 18.2 Å². The summed E-state index contributed by atoms with van der Waals surface area (Å²) >= 11 is 1.44. The Balaban J connectivity index is 1.36. The molecule has 5 N–H and O–H groups in total. The number of hydrogen-bond acceptors (Lipinski definition) is 9. The molecule has 4 aromatic rings. The second-order valence-corrected chi connectivity index (χ2v) is 12.0. The molecule has 1 aliphatic rings. The molecule has 0 spiro atoms. The fourth-order valence-electron chi connectivity index (χ4n) is 5.07. The minimum Gasteiger partial charge on any atom is -0.446 e. The molecular formula is C33H36N6O6S. The average molecular weight is 645 g/mol. The molecule has 46 heavy (non-hydrogen) atoms. The number of carbonyl (C=O) groups excluding carboxylic acids is 4. The molecule has 1 aliphatic heterocycles. The predicted molar refractivity (Wildman–Crippen MR) is 171 cm³/mol. The number of nitrogens with one attached hydrogen (secondary N) is 4. The summed E-state index contributed by atoms with van der Waals surface area (Å²) < 4.78 is 5.66. The van der Waals surface area contributed by atoms with Gasteiger partial charge in [0.1, 0.15) is 29.4 Å². The van der Waals surface area contributed by atoms with Gasteiger partial charge in [-0.2, -0.15) is 0 Å². The molecule has 0 unspecified atom stereocenters. The molecule has 2 aromatic heterocycles. The number of carbonyl (C=O) groups is 4. The smallest absolute Gasteiger partial charge is 0.273 e. The molecule has 3 heterocycles. The summed E-state index contributed by atoms with van der Waals surface area (Å²) in [5.74, 6) is -1.99. The van der Waals surface area contributed by atoms with E-state index >= 15 is 0 Å². The van der Waals surface area contributed by atoms with Crippen LogP contribution in [0.5, 0.6) is 0 Å². The number of nitrogens with zero attached hydrogens (tertiary/aromatic N) is 2. The molecule has 0 aliphatic carbocycles. The fourth-order valence-corrected chi connectivity index (χ4v) is 5.90. The van der Waals surface area contributed by atoms with Gasteiger partial charge in [0, 0.05) is 23.9 Å². The second kappa shape index (κ2) is 15.4. The largest absolute Gasteiger partial charge is 0.446 e. The third-order valence-electron chi connectivity index (χ3n) is 7.49. The van der Waals surface area contributed by atoms with Crippen molar-refractivity contribution in [2.24, 2.45) is 0 Å². The summed E-state index contributed by atoms with van der Waals surface area (Å²) in [4.78, 5) is 61.6. The van der Waals surface area contributed by atoms with Gasteiger partial charge in [-0.05, 0) is 31.7 Å². The molecule has 2 bridgehead atoms. The van der Waals surface area contributed by atoms with Gasteiger partial charge >= 0.3 is 0 Å². The van der Waals surface area contributed by atoms with E-state index in [2.05, 4.69) is 31.2 Å². The van der Waals surface area contributed by atoms with E-state index in [1.807, 2.05) is 66.0 Å². The van der Waals surface area contributed by atoms with Crippen LogP contribution in [0.15, 0.2) is 76.7 Å². The zero-order valence-electron chi connectivity index (χ0n) is 25.3. The summed E-state index contributed by atoms with van der Waals surface area (Å²) in [5, 5.41) is 23.9. The Morgan fingerprint density at radius 2 is 1.76 bits per heavy atom. The maximum atomic E-state index is 13.8. The Kier molecular flexibility index (Phi) is 10.9. The van der Waals surface area contributed by atoms with Gasteiger partial charge in [-0.15, -0.1) is 11.3 Å². The first-order valence-corrected chi connectivity index (χ1v) is 16.0. The number of thiazole rings is 1. The Morgan fingerprint density at radius 3 is 2.50 bits per heavy atom. The van der Waals surface area contributed by atoms with Crippen LogP contribution in [0.4, 0.5) is 0 Å². The molecule has 12 nitrogen and oxygen atoms in total. The van der Waals surface area contributed by atoms with Gasteiger partial charge in [0.15, 0.2) is 5.69 Å². The number of rotatable bonds is 7. The summed E-state index contributed by atoms with van der Waals surface area (Å²) in [7, 11) is 0. The van der Waals surface area contributed by atoms with Crippen LogP contribution in [-0.2, 0) is 27.2 Å². The third kappa shape index (κ3) is 8.64. The lowest BCUT2D eigenvalue weighted by atomic mass is 10.0. The van der Waals surface area contributed by atoms with E-state index in [0.29, 0.717) is 31.4 Å². The van der Waals surface area contributed by atoms with Crippen LogP contribution in [0.25, 0.3) is 10.6 Å². The Bertz CT molecular complexity index is 1640. The maximum Gasteiger partial charge on any atom is 0.273 e. The van der Waals surface area contributed by atoms with Crippen molar-refractivity contribution in [2.45, 2.75) is 63.3 Å². The molecule has 0 saturated carbocycles. The van der Waals surface area contributed by atoms with Gasteiger partial charge in [0.25, 0.3) is 5.91 Å². The van der Waals surface area contributed by atoms with Crippen molar-refractivity contribution >= 4 is 35.0 Å². The molecule has 0 radical (unpaired) electrons. The lowest BCUT2D eigenvalue weighted by Gasteiger charge is -2.23. The van der Waals surface area contributed by atoms with Crippen LogP contribution in [0.1, 0.15) is 59.9 Å². The molecule has 13 heteroatoms. The number of aliphatic hydroxyl groups excluding tert-OH is 1. The molecule has 4 atom stereocenters. The van der Waals surface area contributed by atoms with E-state index in [9.17, 15) is 24.3 Å². The van der Waals surface area contributed by atoms with Crippen molar-refractivity contribution in [1.82, 2.24) is 31.2 Å². The van der Waals surface area contributed by atoms with Crippen molar-refractivity contribution in [3.8, 4) is 10.6 Å². The zero-order chi connectivity index (χ0) is 32.5. The van der Waals surface area contributed by atoms with Gasteiger partial charge in [-0.25, -0.2) is 9.97 Å². The maximum absolute atomic E-state index is 13.8. The Morgan fingerprint density at radius 1 is 1.02 bits per heavy atom. The Hall–Kier alpha value is -4.88. The first kappa shape index (κ1) is 32.5. The van der Waals surface area contributed by atoms with Gasteiger partial charge in [-0.1, -0.05) is 60.7 Å². The third-order valence-corrected chi connectivity index (χ3v) is 8.43. The standard InChI is InChI=1S/C33H36N6O6S/c1-20(40)28-31(44)34-15-9-8-14-24(36-27(41)17-23-19-46-33(35-23)22-12-6-3-7-13-22)29(42)37-25(16-21-10-4-2-5-11-21)32-38-26(18-45-32)30(43)39-28/h2-7,10-13,18-20,24-25,28,40H,8-9,14-17H2,1H3,(H,34,44)(H,36,41)(H,37,42)(H,39,43)/t20-,24+,25+,28+/m1/s1. The first-order chi connectivity index (χ1) is 22.3. The van der Waals surface area contributed by atoms with Crippen molar-refractivity contribution in [3.63, 3.8) is 0 Å². The minimum atomic E-state index is -1.21. The first-order valence-electron chi connectivity index (χ1n) is 15.1. The van der Waals surface area contributed by atoms with Crippen LogP contribution in [0.2, 0.25) is 0 Å². The Labute approximate surface area is 270 Å². The van der Waals surface area contributed by atoms with E-state index in [1.54, 1.807) is 0 Å². The van der Waals surface area contributed by atoms with Crippen LogP contribution in [0, 0.1) is 0 Å². The number of aliphatic hydroxyl groups is 1. The van der Waals surface area contributed by atoms with E-state index in [1.165, 1.54) is 18.3 Å². The molecule has 5 rings (SSSR count). The van der Waals surface area contributed by atoms with E-state index in [4.69, 9.17) is 4.42 Å². The molecule has 240 valence electrons. The highest BCUT2D eigenvalue weighted by Gasteiger charge is 2.30. The number of amides is 4. The lowest BCUT2D eigenvalue weighted by Crippen LogP contribution is -2.52. The van der Waals surface area contributed by atoms with Crippen LogP contribution < -0.4 is 21.3 Å². The topological polar surface area (TPSA) is 176 Å². The average Bonchev–Trinajstić information content (AvgIpc) is 3.73. The number of fused-ring (bicyclic) bond motifs is 2. The van der Waals surface area contributed by atoms with Crippen molar-refractivity contribution in [2.75, 3.05) is 6.54 Å². The number of oxazole rings is 1. The number of benzene rings is 2. The minimum absolute atomic E-state index is 0.00441. The predicted octanol–water partition coefficient (Wildman–Crippen LogP) is 2.70. The zero-order valence-corrected chi connectivity index (χ0v) is 26.1. The molecule has 0 fully saturated rings. The van der Waals surface area contributed by atoms with Gasteiger partial charge < -0.3 is 30.8 Å². The highest BCUT2D eigenvalue weighted by Crippen LogP contribution is 2.24. The van der Waals surface area contributed by atoms with Crippen LogP contribution in [0.3, 0.4) is 0 Å². The molecule has 0 saturated heterocycles. The summed E-state index contributed by atoms with van der Waals surface area (Å²) in [5.41, 5.74) is 2.32. The number of hydrogen-bond donors (Lipinski definition) is 5. The van der Waals surface area contributed by atoms with Crippen molar-refractivity contribution in [1.29, 1.82) is 0 Å². The fraction of sp³-hybridized carbons (Fsp3) is 0.333. The van der Waals surface area contributed by atoms with E-state index < -0.39 is 42.0 Å². The summed E-state index contributed by atoms with van der Waals surface area (Å²) in [6, 6.07) is 16.2. The van der Waals surface area contributed by atoms with Crippen molar-refractivity contribution in [3.05, 3.63) is 95.1 Å². The highest BCUT2D eigenvalue weighted by molar-refractivity contribution is 7.13. The summed E-state index contributed by atoms with van der Waals surface area (Å²) in [6.07, 6.45) is 1.55. The second-order valence-electron chi connectivity index (χ2n) is 11.1. The normalized spacial score (nSPS) is 20.2. The van der Waals surface area contributed by atoms with Crippen LogP contribution in [-0.4, -0.2) is 63.4 Å². The van der Waals surface area contributed by atoms with Crippen LogP contribution >= 0.6 is 11.3 Å². The lowest BCUT2D eigenvalue weighted by molar-refractivity contribution is -0.129. The number of aromatic nitrogens is 2. The highest BCUT2D eigenvalue weighted by atomic mass is 32.1. The van der Waals surface area contributed by atoms with Gasteiger partial charge in [0.2, 0.25) is 23.6 Å². The van der Waals surface area contributed by atoms with Gasteiger partial charge in [-0.3, -0.25) is 19.2 Å². The van der Waals surface area contributed by atoms with E-state index in [-0.39, 0.29) is 30.5 Å². The quantitative estimate of drug-likeness (QED) is 0.204. The molecule has 2 aromatic carbocycles. The summed E-state index contributed by atoms with van der Waals surface area (Å²) in [6.45, 7) is 1.65. The monoisotopic (exact) mass is 644 g/mol.